The Morgan fingerprint density at radius 1 is 0.500 bits per heavy atom. The van der Waals surface area contributed by atoms with E-state index in [0.29, 0.717) is 19.4 Å². The first kappa shape index (κ1) is 54.1. The van der Waals surface area contributed by atoms with Crippen molar-refractivity contribution in [1.29, 1.82) is 0 Å². The van der Waals surface area contributed by atoms with E-state index < -0.39 is 12.1 Å². The molecule has 0 heterocycles. The lowest BCUT2D eigenvalue weighted by Gasteiger charge is -2.20. The highest BCUT2D eigenvalue weighted by atomic mass is 16.5. The number of ether oxygens (including phenoxy) is 1. The lowest BCUT2D eigenvalue weighted by atomic mass is 10.0. The molecule has 0 saturated heterocycles. The number of aliphatic hydroxyl groups excluding tert-OH is 2. The molecule has 3 N–H and O–H groups in total. The number of nitrogens with one attached hydrogen (secondary N) is 1. The molecule has 0 aliphatic carbocycles. The van der Waals surface area contributed by atoms with E-state index in [1.807, 2.05) is 6.08 Å². The number of hydrogen-bond acceptors (Lipinski definition) is 5. The molecule has 0 aliphatic rings. The van der Waals surface area contributed by atoms with Gasteiger partial charge in [-0.15, -0.1) is 0 Å². The molecule has 0 rings (SSSR count). The van der Waals surface area contributed by atoms with Crippen LogP contribution >= 0.6 is 0 Å². The second-order valence-corrected chi connectivity index (χ2v) is 16.4. The number of carbonyl (C=O) groups is 2. The van der Waals surface area contributed by atoms with Gasteiger partial charge in [-0.2, -0.15) is 0 Å². The van der Waals surface area contributed by atoms with Crippen LogP contribution < -0.4 is 5.32 Å². The van der Waals surface area contributed by atoms with E-state index in [1.54, 1.807) is 6.08 Å². The summed E-state index contributed by atoms with van der Waals surface area (Å²) in [5, 5.41) is 23.0. The van der Waals surface area contributed by atoms with Gasteiger partial charge in [-0.05, 0) is 57.8 Å². The Morgan fingerprint density at radius 2 is 0.929 bits per heavy atom. The standard InChI is InChI=1S/C50H93NO5/c1-3-5-7-9-11-13-15-18-22-26-30-34-38-42-48(53)47(46-52)51-49(54)43-39-35-31-27-23-20-17-21-25-29-33-37-41-45-56-50(55)44-40-36-32-28-24-19-16-14-12-10-8-6-4-2/h8,10,14,16,38,42,47-48,52-53H,3-7,9,11-13,15,17-37,39-41,43-46H2,1-2H3,(H,51,54)/b10-8-,16-14-,42-38+. The molecule has 0 aromatic heterocycles. The van der Waals surface area contributed by atoms with Gasteiger partial charge in [0.15, 0.2) is 0 Å². The lowest BCUT2D eigenvalue weighted by Crippen LogP contribution is -2.45. The third kappa shape index (κ3) is 41.7. The first-order valence-electron chi connectivity index (χ1n) is 24.3. The molecule has 0 saturated carbocycles. The maximum absolute atomic E-state index is 12.4. The minimum absolute atomic E-state index is 0.0231. The van der Waals surface area contributed by atoms with Gasteiger partial charge in [-0.3, -0.25) is 9.59 Å². The zero-order valence-corrected chi connectivity index (χ0v) is 37.1. The van der Waals surface area contributed by atoms with Gasteiger partial charge in [0.2, 0.25) is 5.91 Å². The monoisotopic (exact) mass is 788 g/mol. The van der Waals surface area contributed by atoms with Crippen LogP contribution in [-0.2, 0) is 14.3 Å². The molecule has 1 amide bonds. The summed E-state index contributed by atoms with van der Waals surface area (Å²) in [6, 6.07) is -0.637. The lowest BCUT2D eigenvalue weighted by molar-refractivity contribution is -0.143. The normalized spacial score (nSPS) is 13.0. The molecule has 2 unspecified atom stereocenters. The fourth-order valence-corrected chi connectivity index (χ4v) is 7.14. The van der Waals surface area contributed by atoms with Crippen LogP contribution in [0.15, 0.2) is 36.5 Å². The van der Waals surface area contributed by atoms with Crippen molar-refractivity contribution >= 4 is 11.9 Å². The highest BCUT2D eigenvalue weighted by Crippen LogP contribution is 2.15. The van der Waals surface area contributed by atoms with Gasteiger partial charge in [-0.1, -0.05) is 211 Å². The molecule has 328 valence electrons. The Balaban J connectivity index is 3.50. The van der Waals surface area contributed by atoms with Crippen LogP contribution in [0, 0.1) is 0 Å². The topological polar surface area (TPSA) is 95.9 Å². The molecule has 0 aromatic rings. The zero-order valence-electron chi connectivity index (χ0n) is 37.1. The van der Waals surface area contributed by atoms with Gasteiger partial charge in [-0.25, -0.2) is 0 Å². The van der Waals surface area contributed by atoms with Crippen LogP contribution in [0.5, 0.6) is 0 Å². The Hall–Kier alpha value is -1.92. The van der Waals surface area contributed by atoms with Crippen molar-refractivity contribution in [3.05, 3.63) is 36.5 Å². The van der Waals surface area contributed by atoms with Crippen LogP contribution in [0.4, 0.5) is 0 Å². The largest absolute Gasteiger partial charge is 0.466 e. The van der Waals surface area contributed by atoms with Crippen molar-refractivity contribution in [2.75, 3.05) is 13.2 Å². The van der Waals surface area contributed by atoms with Crippen molar-refractivity contribution < 1.29 is 24.5 Å². The fraction of sp³-hybridized carbons (Fsp3) is 0.840. The summed E-state index contributed by atoms with van der Waals surface area (Å²) in [5.41, 5.74) is 0. The molecule has 6 heteroatoms. The van der Waals surface area contributed by atoms with Crippen molar-refractivity contribution in [2.24, 2.45) is 0 Å². The molecule has 2 atom stereocenters. The molecular weight excluding hydrogens is 695 g/mol. The average Bonchev–Trinajstić information content (AvgIpc) is 3.20. The average molecular weight is 788 g/mol. The summed E-state index contributed by atoms with van der Waals surface area (Å²) in [4.78, 5) is 24.4. The van der Waals surface area contributed by atoms with Gasteiger partial charge in [0.05, 0.1) is 25.4 Å². The Labute approximate surface area is 347 Å². The summed E-state index contributed by atoms with van der Waals surface area (Å²) in [6.45, 7) is 4.79. The zero-order chi connectivity index (χ0) is 40.8. The second-order valence-electron chi connectivity index (χ2n) is 16.4. The maximum Gasteiger partial charge on any atom is 0.305 e. The first-order chi connectivity index (χ1) is 27.5. The molecule has 0 aliphatic heterocycles. The van der Waals surface area contributed by atoms with Crippen molar-refractivity contribution in [2.45, 2.75) is 257 Å². The molecule has 0 spiro atoms. The van der Waals surface area contributed by atoms with Crippen molar-refractivity contribution in [3.63, 3.8) is 0 Å². The Bertz CT molecular complexity index is 915. The number of unbranched alkanes of at least 4 members (excludes halogenated alkanes) is 29. The smallest absolute Gasteiger partial charge is 0.305 e. The van der Waals surface area contributed by atoms with Gasteiger partial charge in [0.1, 0.15) is 0 Å². The van der Waals surface area contributed by atoms with E-state index in [-0.39, 0.29) is 18.5 Å². The van der Waals surface area contributed by atoms with Crippen LogP contribution in [0.3, 0.4) is 0 Å². The quantitative estimate of drug-likeness (QED) is 0.0325. The number of allylic oxidation sites excluding steroid dienone is 5. The number of esters is 1. The second kappa shape index (κ2) is 45.8. The number of aliphatic hydroxyl groups is 2. The van der Waals surface area contributed by atoms with E-state index in [4.69, 9.17) is 4.74 Å². The summed E-state index contributed by atoms with van der Waals surface area (Å²) >= 11 is 0. The minimum Gasteiger partial charge on any atom is -0.466 e. The van der Waals surface area contributed by atoms with Crippen molar-refractivity contribution in [1.82, 2.24) is 5.32 Å². The van der Waals surface area contributed by atoms with E-state index in [2.05, 4.69) is 43.5 Å². The van der Waals surface area contributed by atoms with E-state index in [1.165, 1.54) is 148 Å². The Kier molecular flexibility index (Phi) is 44.2. The predicted molar refractivity (Wildman–Crippen MR) is 241 cm³/mol. The molecule has 0 radical (unpaired) electrons. The first-order valence-corrected chi connectivity index (χ1v) is 24.3. The van der Waals surface area contributed by atoms with Crippen LogP contribution in [0.2, 0.25) is 0 Å². The van der Waals surface area contributed by atoms with E-state index >= 15 is 0 Å². The number of hydrogen-bond donors (Lipinski definition) is 3. The number of rotatable bonds is 44. The Morgan fingerprint density at radius 3 is 1.43 bits per heavy atom. The van der Waals surface area contributed by atoms with Crippen LogP contribution in [0.25, 0.3) is 0 Å². The SMILES string of the molecule is CCC/C=C\C/C=C\CCCCCCCC(=O)OCCCCCCCCCCCCCCCC(=O)NC(CO)C(O)/C=C/CCCCCCCCCCCCC. The predicted octanol–water partition coefficient (Wildman–Crippen LogP) is 14.1. The van der Waals surface area contributed by atoms with Gasteiger partial charge in [0.25, 0.3) is 0 Å². The fourth-order valence-electron chi connectivity index (χ4n) is 7.14. The highest BCUT2D eigenvalue weighted by Gasteiger charge is 2.18. The number of amides is 1. The third-order valence-electron chi connectivity index (χ3n) is 10.9. The molecular formula is C50H93NO5. The summed E-state index contributed by atoms with van der Waals surface area (Å²) in [7, 11) is 0. The highest BCUT2D eigenvalue weighted by molar-refractivity contribution is 5.76. The summed E-state index contributed by atoms with van der Waals surface area (Å²) in [6.07, 6.45) is 54.1. The molecule has 6 nitrogen and oxygen atoms in total. The summed E-state index contributed by atoms with van der Waals surface area (Å²) < 4.78 is 5.44. The molecule has 0 aromatic carbocycles. The van der Waals surface area contributed by atoms with Gasteiger partial charge < -0.3 is 20.3 Å². The summed E-state index contributed by atoms with van der Waals surface area (Å²) in [5.74, 6) is -0.106. The third-order valence-corrected chi connectivity index (χ3v) is 10.9. The van der Waals surface area contributed by atoms with Crippen LogP contribution in [0.1, 0.15) is 245 Å². The van der Waals surface area contributed by atoms with Gasteiger partial charge >= 0.3 is 5.97 Å². The van der Waals surface area contributed by atoms with Crippen LogP contribution in [-0.4, -0.2) is 47.4 Å². The van der Waals surface area contributed by atoms with E-state index in [0.717, 1.165) is 70.6 Å². The minimum atomic E-state index is -0.852. The van der Waals surface area contributed by atoms with Gasteiger partial charge in [0, 0.05) is 12.8 Å². The van der Waals surface area contributed by atoms with Crippen molar-refractivity contribution in [3.8, 4) is 0 Å². The molecule has 0 fully saturated rings. The van der Waals surface area contributed by atoms with E-state index in [9.17, 15) is 19.8 Å². The maximum atomic E-state index is 12.4. The molecule has 0 bridgehead atoms. The molecule has 56 heavy (non-hydrogen) atoms. The number of carbonyl (C=O) groups excluding carboxylic acids is 2.